The summed E-state index contributed by atoms with van der Waals surface area (Å²) >= 11 is 11.8. The van der Waals surface area contributed by atoms with E-state index in [1.165, 1.54) is 11.0 Å². The van der Waals surface area contributed by atoms with Gasteiger partial charge in [-0.2, -0.15) is 0 Å². The van der Waals surface area contributed by atoms with E-state index in [-0.39, 0.29) is 29.2 Å². The van der Waals surface area contributed by atoms with Gasteiger partial charge in [0.1, 0.15) is 18.4 Å². The van der Waals surface area contributed by atoms with Crippen LogP contribution in [0.2, 0.25) is 10.0 Å². The minimum Gasteiger partial charge on any atom is -0.352 e. The van der Waals surface area contributed by atoms with Gasteiger partial charge in [-0.15, -0.1) is 0 Å². The van der Waals surface area contributed by atoms with Crippen molar-refractivity contribution < 1.29 is 22.4 Å². The Balaban J connectivity index is 2.45. The smallest absolute Gasteiger partial charge is 0.244 e. The largest absolute Gasteiger partial charge is 0.352 e. The van der Waals surface area contributed by atoms with Gasteiger partial charge in [-0.25, -0.2) is 12.8 Å². The molecule has 11 heteroatoms. The van der Waals surface area contributed by atoms with Gasteiger partial charge >= 0.3 is 0 Å². The van der Waals surface area contributed by atoms with Crippen molar-refractivity contribution in [2.75, 3.05) is 17.1 Å². The molecule has 0 spiro atoms. The van der Waals surface area contributed by atoms with Crippen LogP contribution in [0.3, 0.4) is 0 Å². The number of benzene rings is 2. The van der Waals surface area contributed by atoms with E-state index in [1.807, 2.05) is 13.8 Å². The van der Waals surface area contributed by atoms with Gasteiger partial charge in [0.05, 0.1) is 17.0 Å². The van der Waals surface area contributed by atoms with Crippen molar-refractivity contribution in [2.45, 2.75) is 52.2 Å². The van der Waals surface area contributed by atoms with Crippen LogP contribution in [0.5, 0.6) is 0 Å². The number of nitrogens with one attached hydrogen (secondary N) is 1. The molecule has 0 aromatic heterocycles. The summed E-state index contributed by atoms with van der Waals surface area (Å²) in [7, 11) is -3.94. The van der Waals surface area contributed by atoms with Crippen LogP contribution < -0.4 is 9.62 Å². The number of anilines is 1. The normalized spacial score (nSPS) is 13.1. The minimum absolute atomic E-state index is 0.0378. The third-order valence-electron chi connectivity index (χ3n) is 5.52. The molecular weight excluding hydrogens is 516 g/mol. The second-order valence-electron chi connectivity index (χ2n) is 8.26. The quantitative estimate of drug-likeness (QED) is 0.446. The van der Waals surface area contributed by atoms with E-state index in [4.69, 9.17) is 23.2 Å². The first-order chi connectivity index (χ1) is 16.4. The standard InChI is InChI=1S/C24H30Cl2FN3O4S/c1-5-16(3)28-24(32)22(6-2)29(14-17-7-9-18(25)10-8-17)23(31)15-30(35(4,33)34)19-11-12-21(27)20(26)13-19/h7-13,16,22H,5-6,14-15H2,1-4H3,(H,28,32)/t16-,22+/m0/s1. The Hall–Kier alpha value is -2.36. The first-order valence-corrected chi connectivity index (χ1v) is 13.7. The summed E-state index contributed by atoms with van der Waals surface area (Å²) in [5, 5.41) is 3.14. The van der Waals surface area contributed by atoms with Crippen molar-refractivity contribution in [3.8, 4) is 0 Å². The van der Waals surface area contributed by atoms with E-state index in [1.54, 1.807) is 31.2 Å². The van der Waals surface area contributed by atoms with E-state index >= 15 is 0 Å². The van der Waals surface area contributed by atoms with E-state index < -0.39 is 34.3 Å². The number of hydrogen-bond donors (Lipinski definition) is 1. The third kappa shape index (κ3) is 8.08. The van der Waals surface area contributed by atoms with E-state index in [0.29, 0.717) is 23.4 Å². The van der Waals surface area contributed by atoms with Gasteiger partial charge in [-0.3, -0.25) is 13.9 Å². The minimum atomic E-state index is -3.94. The molecule has 7 nitrogen and oxygen atoms in total. The zero-order valence-electron chi connectivity index (χ0n) is 20.1. The predicted molar refractivity (Wildman–Crippen MR) is 138 cm³/mol. The summed E-state index contributed by atoms with van der Waals surface area (Å²) in [6.07, 6.45) is 1.96. The maximum Gasteiger partial charge on any atom is 0.244 e. The van der Waals surface area contributed by atoms with Crippen LogP contribution in [-0.4, -0.2) is 50.0 Å². The molecule has 0 radical (unpaired) electrons. The van der Waals surface area contributed by atoms with Crippen LogP contribution in [0.25, 0.3) is 0 Å². The summed E-state index contributed by atoms with van der Waals surface area (Å²) < 4.78 is 39.6. The fourth-order valence-corrected chi connectivity index (χ4v) is 4.54. The van der Waals surface area contributed by atoms with Gasteiger partial charge in [0, 0.05) is 17.6 Å². The molecule has 0 unspecified atom stereocenters. The number of rotatable bonds is 11. The molecule has 192 valence electrons. The predicted octanol–water partition coefficient (Wildman–Crippen LogP) is 4.62. The van der Waals surface area contributed by atoms with Gasteiger partial charge in [0.2, 0.25) is 21.8 Å². The molecule has 2 rings (SSSR count). The Morgan fingerprint density at radius 1 is 1.06 bits per heavy atom. The lowest BCUT2D eigenvalue weighted by molar-refractivity contribution is -0.140. The first-order valence-electron chi connectivity index (χ1n) is 11.1. The van der Waals surface area contributed by atoms with Crippen molar-refractivity contribution in [1.82, 2.24) is 10.2 Å². The van der Waals surface area contributed by atoms with Crippen LogP contribution in [0.15, 0.2) is 42.5 Å². The fraction of sp³-hybridized carbons (Fsp3) is 0.417. The number of carbonyl (C=O) groups excluding carboxylic acids is 2. The van der Waals surface area contributed by atoms with E-state index in [2.05, 4.69) is 5.32 Å². The Morgan fingerprint density at radius 3 is 2.20 bits per heavy atom. The summed E-state index contributed by atoms with van der Waals surface area (Å²) in [4.78, 5) is 28.0. The van der Waals surface area contributed by atoms with Gasteiger partial charge in [-0.1, -0.05) is 49.2 Å². The summed E-state index contributed by atoms with van der Waals surface area (Å²) in [6.45, 7) is 5.03. The summed E-state index contributed by atoms with van der Waals surface area (Å²) in [5.74, 6) is -1.65. The van der Waals surface area contributed by atoms with E-state index in [9.17, 15) is 22.4 Å². The molecule has 0 aliphatic heterocycles. The lowest BCUT2D eigenvalue weighted by atomic mass is 10.1. The molecule has 0 saturated heterocycles. The Kier molecular flexibility index (Phi) is 10.4. The van der Waals surface area contributed by atoms with Crippen LogP contribution in [-0.2, 0) is 26.2 Å². The maximum atomic E-state index is 13.7. The van der Waals surface area contributed by atoms with Gasteiger partial charge in [0.25, 0.3) is 0 Å². The molecule has 2 aromatic rings. The number of nitrogens with zero attached hydrogens (tertiary/aromatic N) is 2. The molecule has 0 saturated carbocycles. The Bertz CT molecular complexity index is 1150. The Morgan fingerprint density at radius 2 is 1.69 bits per heavy atom. The highest BCUT2D eigenvalue weighted by Gasteiger charge is 2.32. The highest BCUT2D eigenvalue weighted by molar-refractivity contribution is 7.92. The average molecular weight is 546 g/mol. The topological polar surface area (TPSA) is 86.8 Å². The zero-order chi connectivity index (χ0) is 26.3. The molecule has 0 heterocycles. The van der Waals surface area contributed by atoms with Crippen molar-refractivity contribution in [1.29, 1.82) is 0 Å². The van der Waals surface area contributed by atoms with Gasteiger partial charge < -0.3 is 10.2 Å². The van der Waals surface area contributed by atoms with Crippen LogP contribution in [0.1, 0.15) is 39.2 Å². The maximum absolute atomic E-state index is 13.7. The first kappa shape index (κ1) is 28.9. The van der Waals surface area contributed by atoms with Crippen LogP contribution in [0.4, 0.5) is 10.1 Å². The van der Waals surface area contributed by atoms with Crippen molar-refractivity contribution >= 4 is 50.7 Å². The zero-order valence-corrected chi connectivity index (χ0v) is 22.4. The molecule has 0 aliphatic rings. The molecule has 0 fully saturated rings. The number of hydrogen-bond acceptors (Lipinski definition) is 4. The monoisotopic (exact) mass is 545 g/mol. The molecule has 0 bridgehead atoms. The molecule has 35 heavy (non-hydrogen) atoms. The molecule has 0 aliphatic carbocycles. The highest BCUT2D eigenvalue weighted by atomic mass is 35.5. The van der Waals surface area contributed by atoms with Crippen molar-refractivity contribution in [3.05, 3.63) is 63.9 Å². The summed E-state index contributed by atoms with van der Waals surface area (Å²) in [5.41, 5.74) is 0.754. The number of halogens is 3. The van der Waals surface area contributed by atoms with Crippen LogP contribution in [0, 0.1) is 5.82 Å². The number of carbonyl (C=O) groups is 2. The molecule has 1 N–H and O–H groups in total. The highest BCUT2D eigenvalue weighted by Crippen LogP contribution is 2.25. The number of amides is 2. The van der Waals surface area contributed by atoms with Gasteiger partial charge in [0.15, 0.2) is 0 Å². The number of sulfonamides is 1. The van der Waals surface area contributed by atoms with Crippen molar-refractivity contribution in [3.63, 3.8) is 0 Å². The molecular formula is C24H30Cl2FN3O4S. The molecule has 2 amide bonds. The second kappa shape index (κ2) is 12.6. The fourth-order valence-electron chi connectivity index (χ4n) is 3.40. The molecule has 2 atom stereocenters. The van der Waals surface area contributed by atoms with E-state index in [0.717, 1.165) is 22.7 Å². The lowest BCUT2D eigenvalue weighted by Crippen LogP contribution is -2.53. The average Bonchev–Trinajstić information content (AvgIpc) is 2.79. The summed E-state index contributed by atoms with van der Waals surface area (Å²) in [6, 6.07) is 9.26. The third-order valence-corrected chi connectivity index (χ3v) is 7.21. The van der Waals surface area contributed by atoms with Crippen LogP contribution >= 0.6 is 23.2 Å². The van der Waals surface area contributed by atoms with Gasteiger partial charge in [-0.05, 0) is 55.7 Å². The molecule has 2 aromatic carbocycles. The lowest BCUT2D eigenvalue weighted by Gasteiger charge is -2.33. The van der Waals surface area contributed by atoms with Crippen molar-refractivity contribution in [2.24, 2.45) is 0 Å². The second-order valence-corrected chi connectivity index (χ2v) is 11.0. The Labute approximate surface area is 216 Å². The SMILES string of the molecule is CC[C@H](C(=O)N[C@@H](C)CC)N(Cc1ccc(Cl)cc1)C(=O)CN(c1ccc(F)c(Cl)c1)S(C)(=O)=O.